The Morgan fingerprint density at radius 1 is 1.10 bits per heavy atom. The van der Waals surface area contributed by atoms with E-state index in [1.807, 2.05) is 12.1 Å². The van der Waals surface area contributed by atoms with Crippen LogP contribution in [0.5, 0.6) is 5.75 Å². The summed E-state index contributed by atoms with van der Waals surface area (Å²) in [4.78, 5) is 0. The van der Waals surface area contributed by atoms with Crippen LogP contribution in [0.1, 0.15) is 29.7 Å². The zero-order chi connectivity index (χ0) is 13.8. The van der Waals surface area contributed by atoms with Gasteiger partial charge in [-0.2, -0.15) is 0 Å². The Morgan fingerprint density at radius 2 is 1.90 bits per heavy atom. The minimum atomic E-state index is 0.0470. The van der Waals surface area contributed by atoms with E-state index in [-0.39, 0.29) is 6.10 Å². The highest BCUT2D eigenvalue weighted by molar-refractivity contribution is 5.31. The number of benzene rings is 2. The Labute approximate surface area is 120 Å². The average Bonchev–Trinajstić information content (AvgIpc) is 2.53. The molecule has 0 spiro atoms. The molecule has 1 aliphatic rings. The van der Waals surface area contributed by atoms with Crippen LogP contribution in [0.25, 0.3) is 0 Å². The van der Waals surface area contributed by atoms with Gasteiger partial charge >= 0.3 is 0 Å². The summed E-state index contributed by atoms with van der Waals surface area (Å²) < 4.78 is 11.7. The van der Waals surface area contributed by atoms with E-state index in [1.165, 1.54) is 16.7 Å². The van der Waals surface area contributed by atoms with Crippen molar-refractivity contribution in [1.82, 2.24) is 0 Å². The van der Waals surface area contributed by atoms with Gasteiger partial charge in [0.25, 0.3) is 0 Å². The van der Waals surface area contributed by atoms with Crippen LogP contribution in [0.2, 0.25) is 0 Å². The van der Waals surface area contributed by atoms with Crippen molar-refractivity contribution in [1.29, 1.82) is 0 Å². The van der Waals surface area contributed by atoms with Crippen molar-refractivity contribution < 1.29 is 9.47 Å². The lowest BCUT2D eigenvalue weighted by molar-refractivity contribution is 0.0102. The largest absolute Gasteiger partial charge is 0.491 e. The van der Waals surface area contributed by atoms with E-state index >= 15 is 0 Å². The molecule has 0 fully saturated rings. The van der Waals surface area contributed by atoms with Crippen molar-refractivity contribution in [2.24, 2.45) is 0 Å². The van der Waals surface area contributed by atoms with Crippen molar-refractivity contribution >= 4 is 0 Å². The van der Waals surface area contributed by atoms with Crippen LogP contribution in [0.3, 0.4) is 0 Å². The van der Waals surface area contributed by atoms with E-state index in [9.17, 15) is 0 Å². The van der Waals surface area contributed by atoms with Crippen molar-refractivity contribution in [3.63, 3.8) is 0 Å². The second-order valence-corrected chi connectivity index (χ2v) is 5.12. The van der Waals surface area contributed by atoms with Crippen LogP contribution in [0.15, 0.2) is 48.5 Å². The van der Waals surface area contributed by atoms with Crippen molar-refractivity contribution in [3.05, 3.63) is 65.2 Å². The summed E-state index contributed by atoms with van der Waals surface area (Å²) in [6.45, 7) is 3.50. The quantitative estimate of drug-likeness (QED) is 0.836. The molecular weight excluding hydrogens is 248 g/mol. The minimum Gasteiger partial charge on any atom is -0.491 e. The molecule has 2 aromatic rings. The molecule has 0 amide bonds. The summed E-state index contributed by atoms with van der Waals surface area (Å²) in [6, 6.07) is 16.8. The maximum absolute atomic E-state index is 5.88. The monoisotopic (exact) mass is 268 g/mol. The van der Waals surface area contributed by atoms with Crippen LogP contribution in [0, 0.1) is 0 Å². The zero-order valence-electron chi connectivity index (χ0n) is 11.8. The second-order valence-electron chi connectivity index (χ2n) is 5.12. The zero-order valence-corrected chi connectivity index (χ0v) is 11.8. The van der Waals surface area contributed by atoms with Crippen LogP contribution < -0.4 is 4.74 Å². The first-order valence-corrected chi connectivity index (χ1v) is 7.28. The van der Waals surface area contributed by atoms with Crippen LogP contribution in [-0.2, 0) is 17.6 Å². The number of fused-ring (bicyclic) bond motifs is 1. The maximum atomic E-state index is 5.88. The van der Waals surface area contributed by atoms with E-state index in [4.69, 9.17) is 9.47 Å². The standard InChI is InChI=1S/C18H20O2/c1-2-14-7-9-16(10-8-14)20-13-18-17-6-4-3-5-15(17)11-12-19-18/h3-10,18H,2,11-13H2,1H3. The third-order valence-electron chi connectivity index (χ3n) is 3.83. The van der Waals surface area contributed by atoms with Crippen LogP contribution in [-0.4, -0.2) is 13.2 Å². The Kier molecular flexibility index (Phi) is 4.03. The molecule has 0 N–H and O–H groups in total. The molecule has 0 saturated heterocycles. The van der Waals surface area contributed by atoms with E-state index in [0.717, 1.165) is 25.2 Å². The topological polar surface area (TPSA) is 18.5 Å². The van der Waals surface area contributed by atoms with Gasteiger partial charge in [-0.3, -0.25) is 0 Å². The molecular formula is C18H20O2. The molecule has 1 aliphatic heterocycles. The number of rotatable bonds is 4. The molecule has 20 heavy (non-hydrogen) atoms. The van der Waals surface area contributed by atoms with E-state index in [1.54, 1.807) is 0 Å². The van der Waals surface area contributed by atoms with Crippen LogP contribution in [0.4, 0.5) is 0 Å². The fraction of sp³-hybridized carbons (Fsp3) is 0.333. The van der Waals surface area contributed by atoms with Gasteiger partial charge in [0.05, 0.1) is 6.61 Å². The van der Waals surface area contributed by atoms with Gasteiger partial charge < -0.3 is 9.47 Å². The summed E-state index contributed by atoms with van der Waals surface area (Å²) in [5.41, 5.74) is 3.98. The molecule has 0 aromatic heterocycles. The lowest BCUT2D eigenvalue weighted by atomic mass is 9.98. The summed E-state index contributed by atoms with van der Waals surface area (Å²) in [5.74, 6) is 0.911. The van der Waals surface area contributed by atoms with Gasteiger partial charge in [-0.05, 0) is 41.7 Å². The third kappa shape index (κ3) is 2.86. The van der Waals surface area contributed by atoms with E-state index < -0.39 is 0 Å². The molecule has 3 rings (SSSR count). The summed E-state index contributed by atoms with van der Waals surface area (Å²) in [7, 11) is 0. The van der Waals surface area contributed by atoms with Gasteiger partial charge in [0.1, 0.15) is 18.5 Å². The van der Waals surface area contributed by atoms with Crippen molar-refractivity contribution in [2.45, 2.75) is 25.9 Å². The Balaban J connectivity index is 1.66. The third-order valence-corrected chi connectivity index (χ3v) is 3.83. The fourth-order valence-electron chi connectivity index (χ4n) is 2.61. The van der Waals surface area contributed by atoms with Gasteiger partial charge in [-0.1, -0.05) is 43.3 Å². The molecule has 1 atom stereocenters. The highest BCUT2D eigenvalue weighted by Crippen LogP contribution is 2.27. The first kappa shape index (κ1) is 13.2. The Hall–Kier alpha value is -1.80. The predicted octanol–water partition coefficient (Wildman–Crippen LogP) is 3.94. The molecule has 1 heterocycles. The molecule has 0 aliphatic carbocycles. The lowest BCUT2D eigenvalue weighted by Crippen LogP contribution is -2.21. The Morgan fingerprint density at radius 3 is 2.70 bits per heavy atom. The minimum absolute atomic E-state index is 0.0470. The normalized spacial score (nSPS) is 17.6. The van der Waals surface area contributed by atoms with Crippen LogP contribution >= 0.6 is 0 Å². The summed E-state index contributed by atoms with van der Waals surface area (Å²) in [5, 5.41) is 0. The molecule has 0 radical (unpaired) electrons. The highest BCUT2D eigenvalue weighted by atomic mass is 16.5. The SMILES string of the molecule is CCc1ccc(OCC2OCCc3ccccc32)cc1. The first-order chi connectivity index (χ1) is 9.86. The molecule has 2 heteroatoms. The number of aryl methyl sites for hydroxylation is 1. The van der Waals surface area contributed by atoms with Gasteiger partial charge in [-0.25, -0.2) is 0 Å². The average molecular weight is 268 g/mol. The number of hydrogen-bond acceptors (Lipinski definition) is 2. The van der Waals surface area contributed by atoms with Crippen molar-refractivity contribution in [2.75, 3.05) is 13.2 Å². The summed E-state index contributed by atoms with van der Waals surface area (Å²) >= 11 is 0. The lowest BCUT2D eigenvalue weighted by Gasteiger charge is -2.26. The van der Waals surface area contributed by atoms with Gasteiger partial charge in [0.2, 0.25) is 0 Å². The van der Waals surface area contributed by atoms with E-state index in [2.05, 4.69) is 43.3 Å². The summed E-state index contributed by atoms with van der Waals surface area (Å²) in [6.07, 6.45) is 2.10. The number of hydrogen-bond donors (Lipinski definition) is 0. The van der Waals surface area contributed by atoms with Gasteiger partial charge in [-0.15, -0.1) is 0 Å². The Bertz CT molecular complexity index is 560. The van der Waals surface area contributed by atoms with E-state index in [0.29, 0.717) is 6.61 Å². The molecule has 104 valence electrons. The highest BCUT2D eigenvalue weighted by Gasteiger charge is 2.20. The second kappa shape index (κ2) is 6.10. The van der Waals surface area contributed by atoms with Crippen molar-refractivity contribution in [3.8, 4) is 5.75 Å². The first-order valence-electron chi connectivity index (χ1n) is 7.28. The predicted molar refractivity (Wildman–Crippen MR) is 80.2 cm³/mol. The van der Waals surface area contributed by atoms with Gasteiger partial charge in [0, 0.05) is 0 Å². The smallest absolute Gasteiger partial charge is 0.119 e. The fourth-order valence-corrected chi connectivity index (χ4v) is 2.61. The molecule has 1 unspecified atom stereocenters. The number of ether oxygens (including phenoxy) is 2. The molecule has 0 saturated carbocycles. The molecule has 0 bridgehead atoms. The molecule has 2 aromatic carbocycles. The van der Waals surface area contributed by atoms with Gasteiger partial charge in [0.15, 0.2) is 0 Å². The molecule has 2 nitrogen and oxygen atoms in total. The maximum Gasteiger partial charge on any atom is 0.119 e.